The molecule has 0 spiro atoms. The van der Waals surface area contributed by atoms with Gasteiger partial charge in [-0.2, -0.15) is 0 Å². The van der Waals surface area contributed by atoms with Gasteiger partial charge in [-0.05, 0) is 32.3 Å². The second-order valence-electron chi connectivity index (χ2n) is 7.17. The highest BCUT2D eigenvalue weighted by Gasteiger charge is 2.43. The highest BCUT2D eigenvalue weighted by atomic mass is 16.3. The molecule has 132 valence electrons. The van der Waals surface area contributed by atoms with Crippen molar-refractivity contribution in [3.05, 3.63) is 23.0 Å². The zero-order valence-corrected chi connectivity index (χ0v) is 14.8. The first-order valence-electron chi connectivity index (χ1n) is 8.86. The van der Waals surface area contributed by atoms with Gasteiger partial charge < -0.3 is 21.1 Å². The maximum absolute atomic E-state index is 13.1. The van der Waals surface area contributed by atoms with E-state index in [0.29, 0.717) is 17.9 Å². The molecule has 2 aliphatic carbocycles. The molecule has 1 saturated carbocycles. The van der Waals surface area contributed by atoms with E-state index >= 15 is 0 Å². The fourth-order valence-electron chi connectivity index (χ4n) is 4.08. The lowest BCUT2D eigenvalue weighted by Crippen LogP contribution is -2.57. The Kier molecular flexibility index (Phi) is 4.42. The van der Waals surface area contributed by atoms with Gasteiger partial charge in [-0.25, -0.2) is 0 Å². The smallest absolute Gasteiger partial charge is 0.257 e. The zero-order valence-electron chi connectivity index (χ0n) is 14.8. The first-order valence-corrected chi connectivity index (χ1v) is 8.86. The monoisotopic (exact) mass is 332 g/mol. The number of nitrogens with two attached hydrogens (primary N) is 1. The van der Waals surface area contributed by atoms with Crippen molar-refractivity contribution in [2.75, 3.05) is 13.7 Å². The third-order valence-electron chi connectivity index (χ3n) is 5.94. The van der Waals surface area contributed by atoms with Gasteiger partial charge in [0.25, 0.3) is 5.91 Å². The molecule has 24 heavy (non-hydrogen) atoms. The maximum Gasteiger partial charge on any atom is 0.257 e. The van der Waals surface area contributed by atoms with Crippen LogP contribution in [0, 0.1) is 5.41 Å². The predicted molar refractivity (Wildman–Crippen MR) is 94.2 cm³/mol. The summed E-state index contributed by atoms with van der Waals surface area (Å²) in [6.07, 6.45) is 5.91. The molecule has 1 saturated heterocycles. The Morgan fingerprint density at radius 1 is 1.46 bits per heavy atom. The van der Waals surface area contributed by atoms with Crippen molar-refractivity contribution in [1.29, 1.82) is 0 Å². The first kappa shape index (κ1) is 17.0. The SMILES string of the molecule is CCC1(C)C(=NC)C=C2C(=O)N([C@H]3CCCC[C@@H]3O)CNC2=C1N. The topological polar surface area (TPSA) is 91.0 Å². The number of rotatable bonds is 2. The molecule has 1 heterocycles. The van der Waals surface area contributed by atoms with Crippen LogP contribution in [0.15, 0.2) is 28.0 Å². The quantitative estimate of drug-likeness (QED) is 0.710. The van der Waals surface area contributed by atoms with Gasteiger partial charge in [0.05, 0.1) is 35.5 Å². The summed E-state index contributed by atoms with van der Waals surface area (Å²) < 4.78 is 0. The van der Waals surface area contributed by atoms with Crippen LogP contribution in [0.25, 0.3) is 0 Å². The number of nitrogens with zero attached hydrogens (tertiary/aromatic N) is 2. The Labute approximate surface area is 143 Å². The molecule has 0 aromatic rings. The third kappa shape index (κ3) is 2.44. The number of nitrogens with one attached hydrogen (secondary N) is 1. The van der Waals surface area contributed by atoms with Crippen molar-refractivity contribution in [1.82, 2.24) is 10.2 Å². The van der Waals surface area contributed by atoms with Gasteiger partial charge in [-0.1, -0.05) is 19.8 Å². The average Bonchev–Trinajstić information content (AvgIpc) is 2.59. The molecular formula is C18H28N4O2. The number of aliphatic hydroxyl groups excluding tert-OH is 1. The Morgan fingerprint density at radius 3 is 2.79 bits per heavy atom. The van der Waals surface area contributed by atoms with E-state index < -0.39 is 6.10 Å². The standard InChI is InChI=1S/C18H28N4O2/c1-4-18(2)14(20-3)9-11-15(16(18)19)21-10-22(17(11)24)12-7-5-6-8-13(12)23/h9,12-13,21,23H,4-8,10,19H2,1-3H3/t12-,13-,18?/m0/s1. The summed E-state index contributed by atoms with van der Waals surface area (Å²) in [5.41, 5.74) is 8.90. The van der Waals surface area contributed by atoms with E-state index in [-0.39, 0.29) is 17.4 Å². The first-order chi connectivity index (χ1) is 11.4. The summed E-state index contributed by atoms with van der Waals surface area (Å²) in [5, 5.41) is 13.6. The lowest BCUT2D eigenvalue weighted by Gasteiger charge is -2.44. The van der Waals surface area contributed by atoms with E-state index in [1.807, 2.05) is 6.08 Å². The predicted octanol–water partition coefficient (Wildman–Crippen LogP) is 1.28. The minimum Gasteiger partial charge on any atom is -0.400 e. The molecule has 1 amide bonds. The normalized spacial score (nSPS) is 35.7. The van der Waals surface area contributed by atoms with Crippen molar-refractivity contribution < 1.29 is 9.90 Å². The number of aliphatic hydroxyl groups is 1. The number of allylic oxidation sites excluding steroid dienone is 2. The lowest BCUT2D eigenvalue weighted by molar-refractivity contribution is -0.134. The van der Waals surface area contributed by atoms with E-state index in [2.05, 4.69) is 24.2 Å². The van der Waals surface area contributed by atoms with E-state index in [9.17, 15) is 9.90 Å². The number of fused-ring (bicyclic) bond motifs is 1. The fraction of sp³-hybridized carbons (Fsp3) is 0.667. The fourth-order valence-corrected chi connectivity index (χ4v) is 4.08. The number of amides is 1. The van der Waals surface area contributed by atoms with E-state index in [1.54, 1.807) is 11.9 Å². The summed E-state index contributed by atoms with van der Waals surface area (Å²) in [5.74, 6) is -0.0584. The van der Waals surface area contributed by atoms with Gasteiger partial charge in [0.2, 0.25) is 0 Å². The number of hydrogen-bond acceptors (Lipinski definition) is 5. The highest BCUT2D eigenvalue weighted by Crippen LogP contribution is 2.39. The van der Waals surface area contributed by atoms with Crippen LogP contribution in [-0.2, 0) is 4.79 Å². The summed E-state index contributed by atoms with van der Waals surface area (Å²) >= 11 is 0. The van der Waals surface area contributed by atoms with Crippen LogP contribution in [0.1, 0.15) is 46.0 Å². The molecule has 3 atom stereocenters. The molecular weight excluding hydrogens is 304 g/mol. The van der Waals surface area contributed by atoms with Crippen molar-refractivity contribution in [2.45, 2.75) is 58.1 Å². The Morgan fingerprint density at radius 2 is 2.17 bits per heavy atom. The molecule has 0 aromatic carbocycles. The van der Waals surface area contributed by atoms with Gasteiger partial charge in [0, 0.05) is 18.5 Å². The molecule has 1 unspecified atom stereocenters. The van der Waals surface area contributed by atoms with E-state index in [1.165, 1.54) is 0 Å². The molecule has 3 rings (SSSR count). The largest absolute Gasteiger partial charge is 0.400 e. The van der Waals surface area contributed by atoms with Gasteiger partial charge in [0.15, 0.2) is 0 Å². The van der Waals surface area contributed by atoms with Crippen LogP contribution in [0.5, 0.6) is 0 Å². The molecule has 0 bridgehead atoms. The Balaban J connectivity index is 1.96. The summed E-state index contributed by atoms with van der Waals surface area (Å²) in [4.78, 5) is 19.2. The van der Waals surface area contributed by atoms with Crippen LogP contribution in [0.3, 0.4) is 0 Å². The van der Waals surface area contributed by atoms with Gasteiger partial charge >= 0.3 is 0 Å². The molecule has 3 aliphatic rings. The van der Waals surface area contributed by atoms with E-state index in [4.69, 9.17) is 5.73 Å². The number of carbonyl (C=O) groups excluding carboxylic acids is 1. The minimum atomic E-state index is -0.447. The van der Waals surface area contributed by atoms with Crippen LogP contribution < -0.4 is 11.1 Å². The van der Waals surface area contributed by atoms with Crippen LogP contribution in [0.4, 0.5) is 0 Å². The number of hydrogen-bond donors (Lipinski definition) is 3. The van der Waals surface area contributed by atoms with Crippen LogP contribution in [0.2, 0.25) is 0 Å². The molecule has 0 radical (unpaired) electrons. The van der Waals surface area contributed by atoms with Gasteiger partial charge in [-0.3, -0.25) is 9.79 Å². The number of carbonyl (C=O) groups is 1. The average molecular weight is 332 g/mol. The van der Waals surface area contributed by atoms with Crippen LogP contribution >= 0.6 is 0 Å². The second kappa shape index (κ2) is 6.24. The number of aliphatic imine (C=N–C) groups is 1. The summed E-state index contributed by atoms with van der Waals surface area (Å²) in [6, 6.07) is -0.121. The van der Waals surface area contributed by atoms with Gasteiger partial charge in [-0.15, -0.1) is 0 Å². The van der Waals surface area contributed by atoms with E-state index in [0.717, 1.165) is 43.5 Å². The van der Waals surface area contributed by atoms with Crippen molar-refractivity contribution >= 4 is 11.6 Å². The lowest BCUT2D eigenvalue weighted by atomic mass is 9.73. The summed E-state index contributed by atoms with van der Waals surface area (Å²) in [7, 11) is 1.74. The molecule has 6 heteroatoms. The molecule has 4 N–H and O–H groups in total. The zero-order chi connectivity index (χ0) is 17.5. The highest BCUT2D eigenvalue weighted by molar-refractivity contribution is 6.12. The van der Waals surface area contributed by atoms with Crippen molar-refractivity contribution in [2.24, 2.45) is 16.1 Å². The molecule has 6 nitrogen and oxygen atoms in total. The Bertz CT molecular complexity index is 637. The summed E-state index contributed by atoms with van der Waals surface area (Å²) in [6.45, 7) is 4.54. The van der Waals surface area contributed by atoms with Crippen molar-refractivity contribution in [3.8, 4) is 0 Å². The third-order valence-corrected chi connectivity index (χ3v) is 5.94. The van der Waals surface area contributed by atoms with Crippen molar-refractivity contribution in [3.63, 3.8) is 0 Å². The Hall–Kier alpha value is -1.82. The molecule has 0 aromatic heterocycles. The minimum absolute atomic E-state index is 0.0584. The maximum atomic E-state index is 13.1. The molecule has 2 fully saturated rings. The van der Waals surface area contributed by atoms with Crippen LogP contribution in [-0.4, -0.2) is 47.5 Å². The molecule has 1 aliphatic heterocycles. The van der Waals surface area contributed by atoms with Gasteiger partial charge in [0.1, 0.15) is 0 Å². The second-order valence-corrected chi connectivity index (χ2v) is 7.17.